The van der Waals surface area contributed by atoms with Gasteiger partial charge in [-0.1, -0.05) is 20.8 Å². The summed E-state index contributed by atoms with van der Waals surface area (Å²) in [6, 6.07) is -2.20. The summed E-state index contributed by atoms with van der Waals surface area (Å²) < 4.78 is 86.3. The topological polar surface area (TPSA) is 230 Å². The number of nitrogens with one attached hydrogen (secondary N) is 2. The molecule has 8 N–H and O–H groups in total. The SMILES string of the molecule is CC[C@H]1OC(=O)[C@H](C)[C@@H](O[C@H]2C[C@@](C)(OC)[C@](O)(CNC(CO)CO)[C@H](C)O2)[C@H](C)[C@@H](O[C@@H]2O[C@H](C)C[C@H]3[C@H]2OC(C(F)(F)F)N3C)[C@](C)(O)C[C@@H](C)CN[C@H](C)[C@@H](O)[C@]1(C)O. The molecule has 1 unspecified atom stereocenters. The summed E-state index contributed by atoms with van der Waals surface area (Å²) in [5, 5.41) is 73.3. The first kappa shape index (κ1) is 53.3. The van der Waals surface area contributed by atoms with Crippen molar-refractivity contribution in [2.45, 2.75) is 203 Å². The lowest BCUT2D eigenvalue weighted by Crippen LogP contribution is -2.70. The van der Waals surface area contributed by atoms with E-state index in [1.807, 2.05) is 6.92 Å². The standard InChI is InChI=1S/C42H76F3N3O14/c1-13-29-40(10,54)33(51)25(6)46-17-21(2)15-38(8,53)34(62-36-32-28(14-22(3)57-36)48(11)37(61-32)42(43,44)45)23(4)31(24(5)35(52)59-29)60-30-16-39(9,56-12)41(55,26(7)58-30)20-47-27(18-49)19-50/h21-34,36-37,46-47,49-51,53-55H,13-20H2,1-12H3/t21-,22-,23+,24-,25-,26+,28+,29-,30+,31+,32-,33-,34-,36+,37?,38-,39-,40-,41+/m1/s1. The van der Waals surface area contributed by atoms with Crippen LogP contribution in [0.4, 0.5) is 13.2 Å². The van der Waals surface area contributed by atoms with Gasteiger partial charge >= 0.3 is 12.1 Å². The highest BCUT2D eigenvalue weighted by Gasteiger charge is 2.61. The summed E-state index contributed by atoms with van der Waals surface area (Å²) in [4.78, 5) is 15.5. The van der Waals surface area contributed by atoms with Crippen molar-refractivity contribution >= 4 is 5.97 Å². The zero-order chi connectivity index (χ0) is 46.9. The fourth-order valence-corrected chi connectivity index (χ4v) is 9.99. The number of alkyl halides is 3. The summed E-state index contributed by atoms with van der Waals surface area (Å²) in [5.74, 6) is -3.36. The number of fused-ring (bicyclic) bond motifs is 1. The molecule has 0 bridgehead atoms. The van der Waals surface area contributed by atoms with Gasteiger partial charge in [0.2, 0.25) is 6.23 Å². The monoisotopic (exact) mass is 904 g/mol. The number of carbonyl (C=O) groups is 1. The van der Waals surface area contributed by atoms with Crippen LogP contribution in [0.25, 0.3) is 0 Å². The number of hydrogen-bond donors (Lipinski definition) is 8. The van der Waals surface area contributed by atoms with Crippen molar-refractivity contribution in [2.75, 3.05) is 40.5 Å². The largest absolute Gasteiger partial charge is 0.459 e. The van der Waals surface area contributed by atoms with E-state index in [0.717, 1.165) is 4.90 Å². The lowest BCUT2D eigenvalue weighted by Gasteiger charge is -2.54. The molecule has 62 heavy (non-hydrogen) atoms. The smallest absolute Gasteiger partial charge is 0.428 e. The molecule has 0 aromatic carbocycles. The molecule has 4 rings (SSSR count). The average Bonchev–Trinajstić information content (AvgIpc) is 3.54. The average molecular weight is 904 g/mol. The maximum Gasteiger partial charge on any atom is 0.428 e. The second-order valence-corrected chi connectivity index (χ2v) is 19.2. The van der Waals surface area contributed by atoms with Crippen molar-refractivity contribution in [1.29, 1.82) is 0 Å². The Balaban J connectivity index is 1.82. The molecule has 4 fully saturated rings. The summed E-state index contributed by atoms with van der Waals surface area (Å²) in [6.07, 6.45) is -17.3. The van der Waals surface area contributed by atoms with E-state index in [1.54, 1.807) is 41.5 Å². The van der Waals surface area contributed by atoms with Crippen LogP contribution in [0.15, 0.2) is 0 Å². The van der Waals surface area contributed by atoms with Gasteiger partial charge in [-0.25, -0.2) is 0 Å². The Bertz CT molecular complexity index is 1450. The fourth-order valence-electron chi connectivity index (χ4n) is 9.99. The molecule has 0 spiro atoms. The highest BCUT2D eigenvalue weighted by atomic mass is 19.4. The molecule has 0 amide bonds. The Morgan fingerprint density at radius 1 is 0.984 bits per heavy atom. The number of halogens is 3. The Hall–Kier alpha value is -1.34. The third-order valence-electron chi connectivity index (χ3n) is 14.1. The zero-order valence-corrected chi connectivity index (χ0v) is 38.4. The van der Waals surface area contributed by atoms with E-state index in [4.69, 9.17) is 33.2 Å². The van der Waals surface area contributed by atoms with E-state index in [0.29, 0.717) is 0 Å². The molecular weight excluding hydrogens is 827 g/mol. The van der Waals surface area contributed by atoms with Crippen LogP contribution in [-0.4, -0.2) is 190 Å². The normalized spacial score (nSPS) is 47.1. The molecular formula is C42H76F3N3O14. The quantitative estimate of drug-likeness (QED) is 0.136. The molecule has 364 valence electrons. The van der Waals surface area contributed by atoms with E-state index in [9.17, 15) is 48.6 Å². The molecule has 0 radical (unpaired) electrons. The van der Waals surface area contributed by atoms with Crippen molar-refractivity contribution in [3.63, 3.8) is 0 Å². The first-order chi connectivity index (χ1) is 28.6. The van der Waals surface area contributed by atoms with E-state index in [-0.39, 0.29) is 44.7 Å². The summed E-state index contributed by atoms with van der Waals surface area (Å²) in [6.45, 7) is 15.6. The number of rotatable bonds is 11. The number of methoxy groups -OCH3 is 1. The van der Waals surface area contributed by atoms with Gasteiger partial charge in [0.25, 0.3) is 0 Å². The third kappa shape index (κ3) is 11.3. The molecule has 0 saturated carbocycles. The lowest BCUT2D eigenvalue weighted by atomic mass is 9.75. The van der Waals surface area contributed by atoms with Crippen LogP contribution in [0.2, 0.25) is 0 Å². The molecule has 0 aromatic rings. The number of carbonyl (C=O) groups excluding carboxylic acids is 1. The second kappa shape index (κ2) is 20.7. The Morgan fingerprint density at radius 2 is 1.61 bits per heavy atom. The van der Waals surface area contributed by atoms with Crippen molar-refractivity contribution in [2.24, 2.45) is 17.8 Å². The molecule has 0 aromatic heterocycles. The molecule has 4 heterocycles. The highest BCUT2D eigenvalue weighted by Crippen LogP contribution is 2.45. The number of likely N-dealkylation sites (N-methyl/N-ethyl adjacent to an activating group) is 1. The fraction of sp³-hybridized carbons (Fsp3) is 0.976. The van der Waals surface area contributed by atoms with Crippen molar-refractivity contribution < 1.29 is 81.8 Å². The summed E-state index contributed by atoms with van der Waals surface area (Å²) in [7, 11) is 2.73. The number of aliphatic hydroxyl groups is 6. The van der Waals surface area contributed by atoms with E-state index in [2.05, 4.69) is 10.6 Å². The second-order valence-electron chi connectivity index (χ2n) is 19.2. The minimum absolute atomic E-state index is 0.0427. The van der Waals surface area contributed by atoms with Gasteiger partial charge in [0.05, 0.1) is 55.2 Å². The number of cyclic esters (lactones) is 1. The molecule has 4 aliphatic rings. The van der Waals surface area contributed by atoms with Crippen LogP contribution in [0.1, 0.15) is 94.9 Å². The van der Waals surface area contributed by atoms with E-state index < -0.39 is 139 Å². The van der Waals surface area contributed by atoms with Crippen LogP contribution >= 0.6 is 0 Å². The molecule has 0 aliphatic carbocycles. The molecule has 20 heteroatoms. The Labute approximate surface area is 364 Å². The summed E-state index contributed by atoms with van der Waals surface area (Å²) in [5.41, 5.74) is -6.84. The van der Waals surface area contributed by atoms with Gasteiger partial charge < -0.3 is 74.4 Å². The minimum Gasteiger partial charge on any atom is -0.459 e. The van der Waals surface area contributed by atoms with E-state index in [1.165, 1.54) is 34.9 Å². The highest BCUT2D eigenvalue weighted by molar-refractivity contribution is 5.73. The van der Waals surface area contributed by atoms with Crippen LogP contribution in [0, 0.1) is 17.8 Å². The van der Waals surface area contributed by atoms with Crippen molar-refractivity contribution in [1.82, 2.24) is 15.5 Å². The van der Waals surface area contributed by atoms with Gasteiger partial charge in [-0.05, 0) is 87.2 Å². The Morgan fingerprint density at radius 3 is 2.18 bits per heavy atom. The molecule has 4 saturated heterocycles. The predicted octanol–water partition coefficient (Wildman–Crippen LogP) is 1.17. The van der Waals surface area contributed by atoms with Gasteiger partial charge in [0, 0.05) is 38.1 Å². The van der Waals surface area contributed by atoms with Gasteiger partial charge in [-0.15, -0.1) is 0 Å². The predicted molar refractivity (Wildman–Crippen MR) is 217 cm³/mol. The van der Waals surface area contributed by atoms with Crippen LogP contribution in [0.3, 0.4) is 0 Å². The van der Waals surface area contributed by atoms with Gasteiger partial charge in [-0.3, -0.25) is 9.69 Å². The van der Waals surface area contributed by atoms with Gasteiger partial charge in [0.1, 0.15) is 35.1 Å². The van der Waals surface area contributed by atoms with Gasteiger partial charge in [0.15, 0.2) is 12.6 Å². The van der Waals surface area contributed by atoms with Gasteiger partial charge in [-0.2, -0.15) is 13.2 Å². The van der Waals surface area contributed by atoms with Crippen molar-refractivity contribution in [3.8, 4) is 0 Å². The number of hydrogen-bond acceptors (Lipinski definition) is 17. The maximum atomic E-state index is 14.4. The Kier molecular flexibility index (Phi) is 17.8. The minimum atomic E-state index is -4.72. The molecule has 17 nitrogen and oxygen atoms in total. The van der Waals surface area contributed by atoms with Crippen LogP contribution in [-0.2, 0) is 38.0 Å². The van der Waals surface area contributed by atoms with E-state index >= 15 is 0 Å². The maximum absolute atomic E-state index is 14.4. The van der Waals surface area contributed by atoms with Crippen LogP contribution < -0.4 is 10.6 Å². The number of esters is 1. The van der Waals surface area contributed by atoms with Crippen molar-refractivity contribution in [3.05, 3.63) is 0 Å². The molecule has 19 atom stereocenters. The lowest BCUT2D eigenvalue weighted by molar-refractivity contribution is -0.336. The first-order valence-corrected chi connectivity index (χ1v) is 22.0. The number of nitrogens with zero attached hydrogens (tertiary/aromatic N) is 1. The molecule has 4 aliphatic heterocycles. The zero-order valence-electron chi connectivity index (χ0n) is 38.4. The first-order valence-electron chi connectivity index (χ1n) is 22.0. The number of aliphatic hydroxyl groups excluding tert-OH is 3. The summed E-state index contributed by atoms with van der Waals surface area (Å²) >= 11 is 0. The van der Waals surface area contributed by atoms with Crippen LogP contribution in [0.5, 0.6) is 0 Å². The third-order valence-corrected chi connectivity index (χ3v) is 14.1. The number of ether oxygens (including phenoxy) is 7.